The fourth-order valence-corrected chi connectivity index (χ4v) is 5.73. The Balaban J connectivity index is 1.20. The van der Waals surface area contributed by atoms with Gasteiger partial charge in [0.1, 0.15) is 0 Å². The van der Waals surface area contributed by atoms with Crippen molar-refractivity contribution in [1.29, 1.82) is 0 Å². The molecule has 3 fully saturated rings. The molecule has 3 saturated heterocycles. The van der Waals surface area contributed by atoms with E-state index in [4.69, 9.17) is 4.74 Å². The van der Waals surface area contributed by atoms with Crippen molar-refractivity contribution in [2.45, 2.75) is 83.9 Å². The number of ether oxygens (including phenoxy) is 1. The molecule has 0 aromatic heterocycles. The van der Waals surface area contributed by atoms with Gasteiger partial charge in [0.2, 0.25) is 5.91 Å². The van der Waals surface area contributed by atoms with Gasteiger partial charge in [-0.15, -0.1) is 0 Å². The van der Waals surface area contributed by atoms with E-state index in [0.29, 0.717) is 38.6 Å². The molecule has 0 saturated carbocycles. The van der Waals surface area contributed by atoms with Gasteiger partial charge >= 0.3 is 6.03 Å². The standard InChI is InChI=1S/C28H44N4O3/c1-21(2)30-27(34)32-15-11-28(12-16-32)19-24(10-17-35-28)18-26(33)29-20-23-4-6-25(7-5-23)31-13-8-22(3)9-14-31/h4-7,21-22,24H,8-20H2,1-3H3,(H,29,33)(H,30,34). The van der Waals surface area contributed by atoms with Crippen LogP contribution in [0, 0.1) is 11.8 Å². The number of nitrogens with one attached hydrogen (secondary N) is 2. The van der Waals surface area contributed by atoms with Crippen LogP contribution in [-0.2, 0) is 16.1 Å². The number of nitrogens with zero attached hydrogens (tertiary/aromatic N) is 2. The molecule has 3 amide bonds. The normalized spacial score (nSPS) is 22.9. The molecule has 1 atom stereocenters. The number of piperidine rings is 2. The van der Waals surface area contributed by atoms with Crippen LogP contribution in [0.4, 0.5) is 10.5 Å². The molecule has 2 N–H and O–H groups in total. The molecule has 1 aromatic carbocycles. The van der Waals surface area contributed by atoms with Gasteiger partial charge in [0.05, 0.1) is 5.60 Å². The van der Waals surface area contributed by atoms with Gasteiger partial charge in [-0.3, -0.25) is 4.79 Å². The Morgan fingerprint density at radius 2 is 1.74 bits per heavy atom. The van der Waals surface area contributed by atoms with Gasteiger partial charge in [-0.25, -0.2) is 4.79 Å². The Labute approximate surface area is 210 Å². The van der Waals surface area contributed by atoms with E-state index < -0.39 is 0 Å². The summed E-state index contributed by atoms with van der Waals surface area (Å²) in [5, 5.41) is 6.11. The molecule has 1 spiro atoms. The first-order valence-electron chi connectivity index (χ1n) is 13.6. The number of urea groups is 1. The minimum Gasteiger partial charge on any atom is -0.375 e. The lowest BCUT2D eigenvalue weighted by molar-refractivity contribution is -0.134. The predicted octanol–water partition coefficient (Wildman–Crippen LogP) is 4.31. The Kier molecular flexibility index (Phi) is 8.58. The molecule has 7 heteroatoms. The maximum absolute atomic E-state index is 12.7. The summed E-state index contributed by atoms with van der Waals surface area (Å²) in [7, 11) is 0. The summed E-state index contributed by atoms with van der Waals surface area (Å²) in [6.07, 6.45) is 6.59. The number of carbonyl (C=O) groups is 2. The Morgan fingerprint density at radius 3 is 2.40 bits per heavy atom. The van der Waals surface area contributed by atoms with Crippen LogP contribution in [0.1, 0.15) is 71.3 Å². The minimum atomic E-state index is -0.181. The van der Waals surface area contributed by atoms with E-state index in [2.05, 4.69) is 46.7 Å². The highest BCUT2D eigenvalue weighted by atomic mass is 16.5. The molecule has 1 unspecified atom stereocenters. The second-order valence-corrected chi connectivity index (χ2v) is 11.3. The molecule has 35 heavy (non-hydrogen) atoms. The molecule has 3 heterocycles. The van der Waals surface area contributed by atoms with Crippen LogP contribution >= 0.6 is 0 Å². The summed E-state index contributed by atoms with van der Waals surface area (Å²) < 4.78 is 6.23. The van der Waals surface area contributed by atoms with Crippen LogP contribution in [0.2, 0.25) is 0 Å². The largest absolute Gasteiger partial charge is 0.375 e. The average molecular weight is 485 g/mol. The number of benzene rings is 1. The molecule has 0 bridgehead atoms. The second-order valence-electron chi connectivity index (χ2n) is 11.3. The Morgan fingerprint density at radius 1 is 1.06 bits per heavy atom. The van der Waals surface area contributed by atoms with E-state index in [1.165, 1.54) is 18.5 Å². The number of hydrogen-bond donors (Lipinski definition) is 2. The molecule has 7 nitrogen and oxygen atoms in total. The summed E-state index contributed by atoms with van der Waals surface area (Å²) in [6.45, 7) is 11.3. The van der Waals surface area contributed by atoms with Crippen molar-refractivity contribution in [2.75, 3.05) is 37.7 Å². The smallest absolute Gasteiger partial charge is 0.317 e. The molecule has 3 aliphatic rings. The first-order valence-corrected chi connectivity index (χ1v) is 13.6. The van der Waals surface area contributed by atoms with Crippen LogP contribution in [0.3, 0.4) is 0 Å². The number of hydrogen-bond acceptors (Lipinski definition) is 4. The zero-order valence-corrected chi connectivity index (χ0v) is 21.9. The first-order chi connectivity index (χ1) is 16.8. The highest BCUT2D eigenvalue weighted by molar-refractivity contribution is 5.76. The van der Waals surface area contributed by atoms with Crippen molar-refractivity contribution >= 4 is 17.6 Å². The monoisotopic (exact) mass is 484 g/mol. The van der Waals surface area contributed by atoms with Gasteiger partial charge < -0.3 is 25.2 Å². The van der Waals surface area contributed by atoms with Crippen LogP contribution in [0.25, 0.3) is 0 Å². The van der Waals surface area contributed by atoms with Crippen molar-refractivity contribution in [3.8, 4) is 0 Å². The van der Waals surface area contributed by atoms with Gasteiger partial charge in [-0.2, -0.15) is 0 Å². The van der Waals surface area contributed by atoms with Crippen molar-refractivity contribution in [1.82, 2.24) is 15.5 Å². The summed E-state index contributed by atoms with van der Waals surface area (Å²) >= 11 is 0. The highest BCUT2D eigenvalue weighted by Crippen LogP contribution is 2.38. The van der Waals surface area contributed by atoms with E-state index in [9.17, 15) is 9.59 Å². The molecule has 1 aromatic rings. The molecule has 194 valence electrons. The van der Waals surface area contributed by atoms with Crippen molar-refractivity contribution < 1.29 is 14.3 Å². The Bertz CT molecular complexity index is 840. The maximum Gasteiger partial charge on any atom is 0.317 e. The lowest BCUT2D eigenvalue weighted by atomic mass is 9.78. The zero-order chi connectivity index (χ0) is 24.8. The number of anilines is 1. The van der Waals surface area contributed by atoms with Gasteiger partial charge in [0.25, 0.3) is 0 Å². The van der Waals surface area contributed by atoms with E-state index in [1.54, 1.807) is 0 Å². The third kappa shape index (κ3) is 7.12. The van der Waals surface area contributed by atoms with Crippen molar-refractivity contribution in [3.63, 3.8) is 0 Å². The maximum atomic E-state index is 12.7. The van der Waals surface area contributed by atoms with Gasteiger partial charge in [0, 0.05) is 57.5 Å². The minimum absolute atomic E-state index is 0.0140. The number of carbonyl (C=O) groups excluding carboxylic acids is 2. The van der Waals surface area contributed by atoms with Crippen LogP contribution in [0.15, 0.2) is 24.3 Å². The summed E-state index contributed by atoms with van der Waals surface area (Å²) in [5.41, 5.74) is 2.25. The lowest BCUT2D eigenvalue weighted by Gasteiger charge is -2.46. The first kappa shape index (κ1) is 25.8. The predicted molar refractivity (Wildman–Crippen MR) is 139 cm³/mol. The molecule has 0 radical (unpaired) electrons. The lowest BCUT2D eigenvalue weighted by Crippen LogP contribution is -2.53. The molecule has 3 aliphatic heterocycles. The SMILES string of the molecule is CC1CCN(c2ccc(CNC(=O)CC3CCOC4(CCN(C(=O)NC(C)C)CC4)C3)cc2)CC1. The summed E-state index contributed by atoms with van der Waals surface area (Å²) in [4.78, 5) is 29.4. The molecular weight excluding hydrogens is 440 g/mol. The molecular formula is C28H44N4O3. The van der Waals surface area contributed by atoms with Crippen LogP contribution in [0.5, 0.6) is 0 Å². The summed E-state index contributed by atoms with van der Waals surface area (Å²) in [5.74, 6) is 1.29. The van der Waals surface area contributed by atoms with Crippen LogP contribution in [-0.4, -0.2) is 61.3 Å². The van der Waals surface area contributed by atoms with Crippen molar-refractivity contribution in [3.05, 3.63) is 29.8 Å². The quantitative estimate of drug-likeness (QED) is 0.631. The highest BCUT2D eigenvalue weighted by Gasteiger charge is 2.41. The van der Waals surface area contributed by atoms with E-state index in [0.717, 1.165) is 50.3 Å². The second kappa shape index (κ2) is 11.6. The van der Waals surface area contributed by atoms with E-state index >= 15 is 0 Å². The van der Waals surface area contributed by atoms with Gasteiger partial charge in [-0.1, -0.05) is 19.1 Å². The fourth-order valence-electron chi connectivity index (χ4n) is 5.73. The topological polar surface area (TPSA) is 73.9 Å². The van der Waals surface area contributed by atoms with E-state index in [1.807, 2.05) is 18.7 Å². The Hall–Kier alpha value is -2.28. The van der Waals surface area contributed by atoms with Gasteiger partial charge in [-0.05, 0) is 81.9 Å². The number of rotatable bonds is 6. The molecule has 0 aliphatic carbocycles. The van der Waals surface area contributed by atoms with E-state index in [-0.39, 0.29) is 23.6 Å². The molecule has 4 rings (SSSR count). The fraction of sp³-hybridized carbons (Fsp3) is 0.714. The van der Waals surface area contributed by atoms with Gasteiger partial charge in [0.15, 0.2) is 0 Å². The van der Waals surface area contributed by atoms with Crippen LogP contribution < -0.4 is 15.5 Å². The third-order valence-electron chi connectivity index (χ3n) is 8.02. The number of amides is 3. The third-order valence-corrected chi connectivity index (χ3v) is 8.02. The van der Waals surface area contributed by atoms with Crippen molar-refractivity contribution in [2.24, 2.45) is 11.8 Å². The summed E-state index contributed by atoms with van der Waals surface area (Å²) in [6, 6.07) is 8.81. The average Bonchev–Trinajstić information content (AvgIpc) is 2.84. The number of likely N-dealkylation sites (tertiary alicyclic amines) is 1. The zero-order valence-electron chi connectivity index (χ0n) is 21.9.